The Morgan fingerprint density at radius 3 is 2.80 bits per heavy atom. The van der Waals surface area contributed by atoms with Crippen LogP contribution in [-0.2, 0) is 0 Å². The van der Waals surface area contributed by atoms with Crippen molar-refractivity contribution in [2.45, 2.75) is 25.6 Å². The normalized spacial score (nSPS) is 26.2. The molecule has 1 aromatic heterocycles. The predicted octanol–water partition coefficient (Wildman–Crippen LogP) is 0.335. The number of aliphatic hydroxyl groups excluding tert-OH is 3. The van der Waals surface area contributed by atoms with Gasteiger partial charge in [0.1, 0.15) is 17.6 Å². The van der Waals surface area contributed by atoms with E-state index in [2.05, 4.69) is 9.98 Å². The molecule has 1 aliphatic carbocycles. The van der Waals surface area contributed by atoms with Crippen molar-refractivity contribution in [3.8, 4) is 0 Å². The quantitative estimate of drug-likeness (QED) is 0.468. The van der Waals surface area contributed by atoms with Crippen molar-refractivity contribution < 1.29 is 15.3 Å². The van der Waals surface area contributed by atoms with E-state index in [1.165, 1.54) is 0 Å². The van der Waals surface area contributed by atoms with E-state index in [0.29, 0.717) is 23.5 Å². The van der Waals surface area contributed by atoms with Gasteiger partial charge in [0.2, 0.25) is 0 Å². The number of rotatable bonds is 4. The third-order valence-corrected chi connectivity index (χ3v) is 3.51. The lowest BCUT2D eigenvalue weighted by Crippen LogP contribution is -2.28. The first-order valence-corrected chi connectivity index (χ1v) is 6.45. The Labute approximate surface area is 117 Å². The van der Waals surface area contributed by atoms with Crippen molar-refractivity contribution in [2.24, 2.45) is 10.9 Å². The van der Waals surface area contributed by atoms with Crippen LogP contribution in [0.2, 0.25) is 0 Å². The zero-order valence-corrected chi connectivity index (χ0v) is 11.3. The van der Waals surface area contributed by atoms with Crippen molar-refractivity contribution in [1.82, 2.24) is 4.98 Å². The Balaban J connectivity index is 2.06. The van der Waals surface area contributed by atoms with Crippen molar-refractivity contribution in [3.05, 3.63) is 29.5 Å². The van der Waals surface area contributed by atoms with E-state index in [9.17, 15) is 10.2 Å². The zero-order valence-electron chi connectivity index (χ0n) is 11.3. The monoisotopic (exact) mass is 277 g/mol. The number of pyridine rings is 1. The first kappa shape index (κ1) is 14.6. The van der Waals surface area contributed by atoms with E-state index < -0.39 is 12.2 Å². The van der Waals surface area contributed by atoms with Gasteiger partial charge in [-0.05, 0) is 30.5 Å². The fraction of sp³-hybridized carbons (Fsp3) is 0.429. The van der Waals surface area contributed by atoms with Crippen LogP contribution in [0, 0.1) is 12.8 Å². The highest BCUT2D eigenvalue weighted by Gasteiger charge is 2.33. The topological polar surface area (TPSA) is 112 Å². The lowest BCUT2D eigenvalue weighted by Gasteiger charge is -2.15. The minimum absolute atomic E-state index is 0.249. The Kier molecular flexibility index (Phi) is 4.49. The maximum absolute atomic E-state index is 9.85. The molecule has 0 fully saturated rings. The van der Waals surface area contributed by atoms with Crippen LogP contribution < -0.4 is 5.73 Å². The fourth-order valence-electron chi connectivity index (χ4n) is 2.28. The smallest absolute Gasteiger partial charge is 0.149 e. The molecule has 0 aromatic carbocycles. The molecule has 0 amide bonds. The summed E-state index contributed by atoms with van der Waals surface area (Å²) in [6, 6.07) is 1.82. The SMILES string of the molecule is Cc1ccnc(N)c1/N=C\C[C@@H]1C=C(CO)[C@@H](O)[C@H]1O. The summed E-state index contributed by atoms with van der Waals surface area (Å²) in [5, 5.41) is 28.6. The third kappa shape index (κ3) is 2.87. The van der Waals surface area contributed by atoms with Gasteiger partial charge in [0.25, 0.3) is 0 Å². The highest BCUT2D eigenvalue weighted by Crippen LogP contribution is 2.28. The number of hydrogen-bond donors (Lipinski definition) is 4. The van der Waals surface area contributed by atoms with E-state index in [-0.39, 0.29) is 12.5 Å². The third-order valence-electron chi connectivity index (χ3n) is 3.51. The van der Waals surface area contributed by atoms with Gasteiger partial charge in [-0.3, -0.25) is 4.99 Å². The molecule has 3 atom stereocenters. The summed E-state index contributed by atoms with van der Waals surface area (Å²) in [7, 11) is 0. The minimum Gasteiger partial charge on any atom is -0.392 e. The van der Waals surface area contributed by atoms with Crippen LogP contribution in [0.4, 0.5) is 11.5 Å². The van der Waals surface area contributed by atoms with Gasteiger partial charge in [0.05, 0.1) is 12.7 Å². The number of nitrogen functional groups attached to an aromatic ring is 1. The molecule has 0 radical (unpaired) electrons. The molecule has 20 heavy (non-hydrogen) atoms. The number of aliphatic hydroxyl groups is 3. The largest absolute Gasteiger partial charge is 0.392 e. The molecule has 1 aromatic rings. The molecule has 0 unspecified atom stereocenters. The maximum atomic E-state index is 9.85. The lowest BCUT2D eigenvalue weighted by atomic mass is 10.0. The van der Waals surface area contributed by atoms with Crippen molar-refractivity contribution in [2.75, 3.05) is 12.3 Å². The van der Waals surface area contributed by atoms with E-state index in [4.69, 9.17) is 10.8 Å². The number of hydrogen-bond acceptors (Lipinski definition) is 6. The summed E-state index contributed by atoms with van der Waals surface area (Å²) in [5.41, 5.74) is 7.74. The molecule has 2 rings (SSSR count). The second kappa shape index (κ2) is 6.13. The fourth-order valence-corrected chi connectivity index (χ4v) is 2.28. The molecule has 1 aliphatic rings. The summed E-state index contributed by atoms with van der Waals surface area (Å²) in [4.78, 5) is 8.25. The second-order valence-corrected chi connectivity index (χ2v) is 4.91. The Bertz CT molecular complexity index is 522. The first-order chi connectivity index (χ1) is 9.54. The summed E-state index contributed by atoms with van der Waals surface area (Å²) in [6.45, 7) is 1.64. The van der Waals surface area contributed by atoms with Crippen LogP contribution in [-0.4, -0.2) is 45.3 Å². The van der Waals surface area contributed by atoms with Crippen LogP contribution >= 0.6 is 0 Å². The van der Waals surface area contributed by atoms with Gasteiger partial charge in [-0.1, -0.05) is 6.08 Å². The van der Waals surface area contributed by atoms with Crippen molar-refractivity contribution >= 4 is 17.7 Å². The Hall–Kier alpha value is -1.76. The van der Waals surface area contributed by atoms with Crippen LogP contribution in [0.25, 0.3) is 0 Å². The van der Waals surface area contributed by atoms with Crippen molar-refractivity contribution in [1.29, 1.82) is 0 Å². The molecule has 108 valence electrons. The summed E-state index contributed by atoms with van der Waals surface area (Å²) >= 11 is 0. The van der Waals surface area contributed by atoms with E-state index in [1.54, 1.807) is 18.5 Å². The van der Waals surface area contributed by atoms with E-state index >= 15 is 0 Å². The van der Waals surface area contributed by atoms with Gasteiger partial charge in [-0.25, -0.2) is 4.98 Å². The lowest BCUT2D eigenvalue weighted by molar-refractivity contribution is 0.0270. The Morgan fingerprint density at radius 1 is 1.45 bits per heavy atom. The summed E-state index contributed by atoms with van der Waals surface area (Å²) < 4.78 is 0. The van der Waals surface area contributed by atoms with Gasteiger partial charge in [-0.2, -0.15) is 0 Å². The average Bonchev–Trinajstić information content (AvgIpc) is 2.70. The van der Waals surface area contributed by atoms with Gasteiger partial charge in [-0.15, -0.1) is 0 Å². The van der Waals surface area contributed by atoms with Gasteiger partial charge in [0.15, 0.2) is 0 Å². The highest BCUT2D eigenvalue weighted by molar-refractivity contribution is 5.71. The number of aliphatic imine (C=N–C) groups is 1. The van der Waals surface area contributed by atoms with E-state index in [0.717, 1.165) is 5.56 Å². The molecular weight excluding hydrogens is 258 g/mol. The molecule has 6 heteroatoms. The van der Waals surface area contributed by atoms with Gasteiger partial charge >= 0.3 is 0 Å². The predicted molar refractivity (Wildman–Crippen MR) is 76.8 cm³/mol. The first-order valence-electron chi connectivity index (χ1n) is 6.45. The molecule has 6 nitrogen and oxygen atoms in total. The summed E-state index contributed by atoms with van der Waals surface area (Å²) in [5.74, 6) is 0.106. The minimum atomic E-state index is -0.997. The number of aromatic nitrogens is 1. The van der Waals surface area contributed by atoms with Crippen LogP contribution in [0.15, 0.2) is 28.9 Å². The molecule has 5 N–H and O–H groups in total. The van der Waals surface area contributed by atoms with Crippen molar-refractivity contribution in [3.63, 3.8) is 0 Å². The summed E-state index contributed by atoms with van der Waals surface area (Å²) in [6.07, 6.45) is 3.52. The number of aryl methyl sites for hydroxylation is 1. The molecule has 0 saturated carbocycles. The molecule has 0 spiro atoms. The number of anilines is 1. The van der Waals surface area contributed by atoms with Gasteiger partial charge in [0, 0.05) is 18.3 Å². The molecule has 0 saturated heterocycles. The van der Waals surface area contributed by atoms with E-state index in [1.807, 2.05) is 13.0 Å². The molecule has 0 aliphatic heterocycles. The van der Waals surface area contributed by atoms with Gasteiger partial charge < -0.3 is 21.1 Å². The molecular formula is C14H19N3O3. The standard InChI is InChI=1S/C14H19N3O3/c1-8-2-4-17-14(15)11(8)16-5-3-9-6-10(7-18)13(20)12(9)19/h2,4-6,9,12-13,18-20H,3,7H2,1H3,(H2,15,17)/b16-5-/t9-,12+,13-/m1/s1. The average molecular weight is 277 g/mol. The van der Waals surface area contributed by atoms with Crippen LogP contribution in [0.5, 0.6) is 0 Å². The maximum Gasteiger partial charge on any atom is 0.149 e. The second-order valence-electron chi connectivity index (χ2n) is 4.91. The number of nitrogens with zero attached hydrogens (tertiary/aromatic N) is 2. The van der Waals surface area contributed by atoms with Crippen LogP contribution in [0.3, 0.4) is 0 Å². The molecule has 0 bridgehead atoms. The molecule has 1 heterocycles. The Morgan fingerprint density at radius 2 is 2.20 bits per heavy atom. The highest BCUT2D eigenvalue weighted by atomic mass is 16.3. The van der Waals surface area contributed by atoms with Crippen LogP contribution in [0.1, 0.15) is 12.0 Å². The number of nitrogens with two attached hydrogens (primary N) is 1. The zero-order chi connectivity index (χ0) is 14.7.